The number of hydrogen-bond acceptors (Lipinski definition) is 7. The Morgan fingerprint density at radius 3 is 2.83 bits per heavy atom. The van der Waals surface area contributed by atoms with E-state index in [1.807, 2.05) is 19.2 Å². The van der Waals surface area contributed by atoms with E-state index in [2.05, 4.69) is 20.3 Å². The van der Waals surface area contributed by atoms with Gasteiger partial charge in [0, 0.05) is 30.7 Å². The van der Waals surface area contributed by atoms with Crippen molar-refractivity contribution in [3.8, 4) is 10.7 Å². The molecule has 0 saturated carbocycles. The highest BCUT2D eigenvalue weighted by atomic mass is 32.1. The molecular formula is C15H18N6OS. The second kappa shape index (κ2) is 6.33. The molecule has 0 aliphatic rings. The van der Waals surface area contributed by atoms with Crippen LogP contribution in [0.5, 0.6) is 0 Å². The zero-order chi connectivity index (χ0) is 16.4. The molecule has 0 aromatic carbocycles. The normalized spacial score (nSPS) is 11.0. The maximum absolute atomic E-state index is 12.8. The molecule has 0 saturated heterocycles. The van der Waals surface area contributed by atoms with Crippen LogP contribution in [0, 0.1) is 0 Å². The predicted octanol–water partition coefficient (Wildman–Crippen LogP) is 2.34. The van der Waals surface area contributed by atoms with Crippen LogP contribution in [0.4, 0.5) is 11.5 Å². The SMILES string of the molecule is CCCn1c(=O)c(-c2nccs2)nc2c(N)cc(NCC)nc21. The smallest absolute Gasteiger partial charge is 0.281 e. The van der Waals surface area contributed by atoms with Gasteiger partial charge < -0.3 is 11.1 Å². The monoisotopic (exact) mass is 330 g/mol. The Labute approximate surface area is 137 Å². The van der Waals surface area contributed by atoms with E-state index in [4.69, 9.17) is 5.73 Å². The molecule has 120 valence electrons. The number of aromatic nitrogens is 4. The van der Waals surface area contributed by atoms with Gasteiger partial charge in [0.15, 0.2) is 11.3 Å². The van der Waals surface area contributed by atoms with Gasteiger partial charge in [0.05, 0.1) is 5.69 Å². The summed E-state index contributed by atoms with van der Waals surface area (Å²) < 4.78 is 1.64. The molecule has 0 bridgehead atoms. The lowest BCUT2D eigenvalue weighted by atomic mass is 10.3. The summed E-state index contributed by atoms with van der Waals surface area (Å²) in [6.45, 7) is 5.27. The van der Waals surface area contributed by atoms with Gasteiger partial charge in [-0.1, -0.05) is 6.92 Å². The van der Waals surface area contributed by atoms with E-state index in [9.17, 15) is 4.79 Å². The molecule has 0 atom stereocenters. The maximum atomic E-state index is 12.8. The molecule has 7 nitrogen and oxygen atoms in total. The summed E-state index contributed by atoms with van der Waals surface area (Å²) in [5, 5.41) is 5.54. The number of nitrogens with two attached hydrogens (primary N) is 1. The van der Waals surface area contributed by atoms with Crippen LogP contribution in [0.2, 0.25) is 0 Å². The number of aryl methyl sites for hydroxylation is 1. The number of rotatable bonds is 5. The summed E-state index contributed by atoms with van der Waals surface area (Å²) in [4.78, 5) is 26.0. The Morgan fingerprint density at radius 2 is 2.17 bits per heavy atom. The molecule has 0 fully saturated rings. The van der Waals surface area contributed by atoms with Gasteiger partial charge >= 0.3 is 0 Å². The number of pyridine rings is 1. The van der Waals surface area contributed by atoms with Gasteiger partial charge in [-0.3, -0.25) is 9.36 Å². The zero-order valence-electron chi connectivity index (χ0n) is 13.0. The standard InChI is InChI=1S/C15H18N6OS/c1-3-6-21-13-11(9(16)8-10(19-13)17-4-2)20-12(15(21)22)14-18-5-7-23-14/h5,7-8H,3-4,6H2,1-2H3,(H3,16,17,19). The molecule has 3 heterocycles. The first-order valence-corrected chi connectivity index (χ1v) is 8.38. The van der Waals surface area contributed by atoms with Crippen LogP contribution < -0.4 is 16.6 Å². The summed E-state index contributed by atoms with van der Waals surface area (Å²) in [7, 11) is 0. The molecule has 3 rings (SSSR count). The average molecular weight is 330 g/mol. The van der Waals surface area contributed by atoms with Gasteiger partial charge in [-0.25, -0.2) is 15.0 Å². The lowest BCUT2D eigenvalue weighted by Crippen LogP contribution is -2.25. The van der Waals surface area contributed by atoms with Crippen molar-refractivity contribution in [2.24, 2.45) is 0 Å². The van der Waals surface area contributed by atoms with E-state index < -0.39 is 0 Å². The number of fused-ring (bicyclic) bond motifs is 1. The summed E-state index contributed by atoms with van der Waals surface area (Å²) in [6, 6.07) is 1.74. The van der Waals surface area contributed by atoms with Gasteiger partial charge in [-0.2, -0.15) is 0 Å². The van der Waals surface area contributed by atoms with Crippen LogP contribution in [0.3, 0.4) is 0 Å². The average Bonchev–Trinajstić information content (AvgIpc) is 3.05. The number of nitrogen functional groups attached to an aromatic ring is 1. The third-order valence-electron chi connectivity index (χ3n) is 3.37. The fraction of sp³-hybridized carbons (Fsp3) is 0.333. The highest BCUT2D eigenvalue weighted by Gasteiger charge is 2.17. The molecule has 23 heavy (non-hydrogen) atoms. The Bertz CT molecular complexity index is 887. The summed E-state index contributed by atoms with van der Waals surface area (Å²) in [6.07, 6.45) is 2.47. The van der Waals surface area contributed by atoms with Crippen molar-refractivity contribution in [3.63, 3.8) is 0 Å². The lowest BCUT2D eigenvalue weighted by molar-refractivity contribution is 0.670. The minimum atomic E-state index is -0.185. The molecule has 0 aliphatic heterocycles. The first-order chi connectivity index (χ1) is 11.2. The van der Waals surface area contributed by atoms with Crippen molar-refractivity contribution in [1.82, 2.24) is 19.5 Å². The van der Waals surface area contributed by atoms with Crippen molar-refractivity contribution < 1.29 is 0 Å². The second-order valence-corrected chi connectivity index (χ2v) is 5.95. The van der Waals surface area contributed by atoms with E-state index in [-0.39, 0.29) is 5.56 Å². The van der Waals surface area contributed by atoms with Crippen molar-refractivity contribution in [1.29, 1.82) is 0 Å². The van der Waals surface area contributed by atoms with Crippen molar-refractivity contribution in [3.05, 3.63) is 28.0 Å². The quantitative estimate of drug-likeness (QED) is 0.745. The molecular weight excluding hydrogens is 312 g/mol. The third kappa shape index (κ3) is 2.77. The molecule has 0 radical (unpaired) electrons. The van der Waals surface area contributed by atoms with E-state index in [1.54, 1.807) is 16.8 Å². The Balaban J connectivity index is 2.34. The van der Waals surface area contributed by atoms with Crippen LogP contribution in [0.25, 0.3) is 21.9 Å². The van der Waals surface area contributed by atoms with Crippen molar-refractivity contribution >= 4 is 34.0 Å². The number of hydrogen-bond donors (Lipinski definition) is 2. The maximum Gasteiger partial charge on any atom is 0.281 e. The van der Waals surface area contributed by atoms with Gasteiger partial charge in [0.2, 0.25) is 0 Å². The largest absolute Gasteiger partial charge is 0.397 e. The Hall–Kier alpha value is -2.48. The van der Waals surface area contributed by atoms with E-state index in [0.717, 1.165) is 13.0 Å². The van der Waals surface area contributed by atoms with Gasteiger partial charge in [-0.15, -0.1) is 11.3 Å². The van der Waals surface area contributed by atoms with Crippen LogP contribution in [0.15, 0.2) is 22.4 Å². The van der Waals surface area contributed by atoms with Crippen LogP contribution in [-0.4, -0.2) is 26.1 Å². The number of anilines is 2. The molecule has 0 spiro atoms. The van der Waals surface area contributed by atoms with E-state index in [0.29, 0.717) is 39.9 Å². The van der Waals surface area contributed by atoms with Gasteiger partial charge in [0.25, 0.3) is 5.56 Å². The summed E-state index contributed by atoms with van der Waals surface area (Å²) in [5.74, 6) is 0.644. The topological polar surface area (TPSA) is 98.7 Å². The molecule has 0 aliphatic carbocycles. The minimum Gasteiger partial charge on any atom is -0.397 e. The molecule has 3 aromatic heterocycles. The van der Waals surface area contributed by atoms with Gasteiger partial charge in [0.1, 0.15) is 16.3 Å². The number of nitrogens with zero attached hydrogens (tertiary/aromatic N) is 4. The lowest BCUT2D eigenvalue weighted by Gasteiger charge is -2.13. The minimum absolute atomic E-state index is 0.185. The molecule has 0 unspecified atom stereocenters. The molecule has 3 aromatic rings. The summed E-state index contributed by atoms with van der Waals surface area (Å²) >= 11 is 1.38. The molecule has 8 heteroatoms. The first kappa shape index (κ1) is 15.4. The zero-order valence-corrected chi connectivity index (χ0v) is 13.9. The van der Waals surface area contributed by atoms with Crippen molar-refractivity contribution in [2.75, 3.05) is 17.6 Å². The molecule has 3 N–H and O–H groups in total. The van der Waals surface area contributed by atoms with Gasteiger partial charge in [-0.05, 0) is 13.3 Å². The van der Waals surface area contributed by atoms with E-state index in [1.165, 1.54) is 11.3 Å². The highest BCUT2D eigenvalue weighted by Crippen LogP contribution is 2.24. The Morgan fingerprint density at radius 1 is 1.35 bits per heavy atom. The van der Waals surface area contributed by atoms with Crippen LogP contribution >= 0.6 is 11.3 Å². The third-order valence-corrected chi connectivity index (χ3v) is 4.15. The number of thiazole rings is 1. The predicted molar refractivity (Wildman–Crippen MR) is 93.8 cm³/mol. The van der Waals surface area contributed by atoms with Crippen molar-refractivity contribution in [2.45, 2.75) is 26.8 Å². The second-order valence-electron chi connectivity index (χ2n) is 5.05. The fourth-order valence-corrected chi connectivity index (χ4v) is 3.03. The van der Waals surface area contributed by atoms with E-state index >= 15 is 0 Å². The summed E-state index contributed by atoms with van der Waals surface area (Å²) in [5.41, 5.74) is 7.82. The number of nitrogens with one attached hydrogen (secondary N) is 1. The fourth-order valence-electron chi connectivity index (χ4n) is 2.41. The first-order valence-electron chi connectivity index (χ1n) is 7.50. The van der Waals surface area contributed by atoms with Crippen LogP contribution in [-0.2, 0) is 6.54 Å². The highest BCUT2D eigenvalue weighted by molar-refractivity contribution is 7.13. The Kier molecular flexibility index (Phi) is 4.24. The molecule has 0 amide bonds. The van der Waals surface area contributed by atoms with Crippen LogP contribution in [0.1, 0.15) is 20.3 Å².